The number of allylic oxidation sites excluding steroid dienone is 1. The van der Waals surface area contributed by atoms with Crippen molar-refractivity contribution in [1.82, 2.24) is 4.98 Å². The molecule has 2 heteroatoms. The van der Waals surface area contributed by atoms with Crippen LogP contribution in [0.2, 0.25) is 0 Å². The van der Waals surface area contributed by atoms with Crippen LogP contribution in [0.3, 0.4) is 0 Å². The predicted octanol–water partition coefficient (Wildman–Crippen LogP) is 5.82. The molecule has 0 saturated heterocycles. The number of hydrogen-bond acceptors (Lipinski definition) is 2. The van der Waals surface area contributed by atoms with E-state index in [-0.39, 0.29) is 0 Å². The van der Waals surface area contributed by atoms with Crippen LogP contribution in [0.1, 0.15) is 25.8 Å². The van der Waals surface area contributed by atoms with Gasteiger partial charge in [0, 0.05) is 41.8 Å². The maximum atomic E-state index is 4.40. The van der Waals surface area contributed by atoms with E-state index in [1.54, 1.807) is 0 Å². The molecule has 0 aliphatic carbocycles. The lowest BCUT2D eigenvalue weighted by molar-refractivity contribution is 0.844. The number of pyridine rings is 1. The Balaban J connectivity index is 0.000000815. The predicted molar refractivity (Wildman–Crippen MR) is 104 cm³/mol. The molecule has 1 aromatic heterocycles. The number of aryl methyl sites for hydroxylation is 1. The lowest BCUT2D eigenvalue weighted by atomic mass is 9.94. The minimum absolute atomic E-state index is 1.03. The molecular formula is C22H24N2. The molecule has 1 aliphatic heterocycles. The Labute approximate surface area is 144 Å². The molecule has 0 bridgehead atoms. The summed E-state index contributed by atoms with van der Waals surface area (Å²) in [6, 6.07) is 15.1. The highest BCUT2D eigenvalue weighted by Gasteiger charge is 2.17. The van der Waals surface area contributed by atoms with Crippen molar-refractivity contribution in [3.05, 3.63) is 72.7 Å². The Morgan fingerprint density at radius 1 is 1.00 bits per heavy atom. The second kappa shape index (κ2) is 6.88. The van der Waals surface area contributed by atoms with Gasteiger partial charge in [-0.1, -0.05) is 50.8 Å². The van der Waals surface area contributed by atoms with E-state index in [9.17, 15) is 0 Å². The zero-order chi connectivity index (χ0) is 17.1. The van der Waals surface area contributed by atoms with Crippen LogP contribution >= 0.6 is 0 Å². The fraction of sp³-hybridized carbons (Fsp3) is 0.227. The topological polar surface area (TPSA) is 16.1 Å². The smallest absolute Gasteiger partial charge is 0.0438 e. The van der Waals surface area contributed by atoms with E-state index >= 15 is 0 Å². The maximum Gasteiger partial charge on any atom is 0.0438 e. The molecule has 2 nitrogen and oxygen atoms in total. The molecule has 0 N–H and O–H groups in total. The summed E-state index contributed by atoms with van der Waals surface area (Å²) in [7, 11) is 2.10. The van der Waals surface area contributed by atoms with E-state index in [0.29, 0.717) is 0 Å². The average molecular weight is 316 g/mol. The Kier molecular flexibility index (Phi) is 4.66. The molecule has 0 amide bonds. The summed E-state index contributed by atoms with van der Waals surface area (Å²) in [5.74, 6) is 0. The van der Waals surface area contributed by atoms with Gasteiger partial charge in [0.15, 0.2) is 0 Å². The van der Waals surface area contributed by atoms with Gasteiger partial charge < -0.3 is 4.90 Å². The lowest BCUT2D eigenvalue weighted by Crippen LogP contribution is -2.21. The molecule has 4 rings (SSSR count). The highest BCUT2D eigenvalue weighted by molar-refractivity contribution is 5.96. The van der Waals surface area contributed by atoms with Crippen LogP contribution in [0.15, 0.2) is 67.1 Å². The number of fused-ring (bicyclic) bond motifs is 2. The second-order valence-electron chi connectivity index (χ2n) is 5.88. The zero-order valence-corrected chi connectivity index (χ0v) is 14.7. The summed E-state index contributed by atoms with van der Waals surface area (Å²) < 4.78 is 0. The van der Waals surface area contributed by atoms with Crippen molar-refractivity contribution in [2.45, 2.75) is 26.7 Å². The summed E-state index contributed by atoms with van der Waals surface area (Å²) in [4.78, 5) is 6.60. The molecule has 24 heavy (non-hydrogen) atoms. The van der Waals surface area contributed by atoms with Crippen molar-refractivity contribution in [2.24, 2.45) is 0 Å². The fourth-order valence-electron chi connectivity index (χ4n) is 3.24. The molecule has 122 valence electrons. The van der Waals surface area contributed by atoms with Crippen molar-refractivity contribution in [2.75, 3.05) is 11.9 Å². The van der Waals surface area contributed by atoms with E-state index in [2.05, 4.69) is 66.0 Å². The summed E-state index contributed by atoms with van der Waals surface area (Å²) in [6.07, 6.45) is 5.98. The van der Waals surface area contributed by atoms with Crippen LogP contribution < -0.4 is 4.90 Å². The summed E-state index contributed by atoms with van der Waals surface area (Å²) in [5, 5.41) is 2.44. The summed E-state index contributed by atoms with van der Waals surface area (Å²) in [5.41, 5.74) is 6.29. The molecule has 2 aromatic carbocycles. The molecule has 0 atom stereocenters. The molecule has 0 fully saturated rings. The molecular weight excluding hydrogens is 292 g/mol. The van der Waals surface area contributed by atoms with Crippen LogP contribution in [0.4, 0.5) is 5.69 Å². The number of rotatable bonds is 1. The highest BCUT2D eigenvalue weighted by Crippen LogP contribution is 2.35. The van der Waals surface area contributed by atoms with Crippen LogP contribution in [-0.2, 0) is 6.42 Å². The first kappa shape index (κ1) is 16.3. The van der Waals surface area contributed by atoms with Gasteiger partial charge in [-0.05, 0) is 41.5 Å². The standard InChI is InChI=1S/C20H18N2.C2H6/c1-14-7-8-16-11-15(9-10-20(16)22(14)2)19-13-21-12-17-5-3-4-6-18(17)19;1-2/h3-6,9-13H,1,7-8H2,2H3;1-2H3. The third-order valence-corrected chi connectivity index (χ3v) is 4.58. The number of nitrogens with zero attached hydrogens (tertiary/aromatic N) is 2. The van der Waals surface area contributed by atoms with Crippen LogP contribution in [0.5, 0.6) is 0 Å². The van der Waals surface area contributed by atoms with E-state index in [4.69, 9.17) is 0 Å². The van der Waals surface area contributed by atoms with E-state index in [0.717, 1.165) is 12.8 Å². The van der Waals surface area contributed by atoms with E-state index in [1.165, 1.54) is 38.8 Å². The first-order chi connectivity index (χ1) is 11.7. The minimum Gasteiger partial charge on any atom is -0.349 e. The third kappa shape index (κ3) is 2.80. The monoisotopic (exact) mass is 316 g/mol. The minimum atomic E-state index is 1.03. The number of benzene rings is 2. The molecule has 0 radical (unpaired) electrons. The van der Waals surface area contributed by atoms with Gasteiger partial charge in [0.1, 0.15) is 0 Å². The van der Waals surface area contributed by atoms with Gasteiger partial charge in [0.25, 0.3) is 0 Å². The molecule has 3 aromatic rings. The van der Waals surface area contributed by atoms with Gasteiger partial charge in [-0.15, -0.1) is 0 Å². The van der Waals surface area contributed by atoms with Gasteiger partial charge in [-0.25, -0.2) is 0 Å². The van der Waals surface area contributed by atoms with Crippen molar-refractivity contribution in [3.63, 3.8) is 0 Å². The van der Waals surface area contributed by atoms with E-state index < -0.39 is 0 Å². The number of anilines is 1. The largest absolute Gasteiger partial charge is 0.349 e. The van der Waals surface area contributed by atoms with Crippen molar-refractivity contribution in [3.8, 4) is 11.1 Å². The molecule has 1 aliphatic rings. The van der Waals surface area contributed by atoms with E-state index in [1.807, 2.05) is 26.2 Å². The summed E-state index contributed by atoms with van der Waals surface area (Å²) >= 11 is 0. The van der Waals surface area contributed by atoms with Crippen LogP contribution in [0, 0.1) is 0 Å². The normalized spacial score (nSPS) is 13.3. The second-order valence-corrected chi connectivity index (χ2v) is 5.88. The average Bonchev–Trinajstić information content (AvgIpc) is 2.66. The van der Waals surface area contributed by atoms with Crippen molar-refractivity contribution in [1.29, 1.82) is 0 Å². The first-order valence-corrected chi connectivity index (χ1v) is 8.61. The number of hydrogen-bond donors (Lipinski definition) is 0. The third-order valence-electron chi connectivity index (χ3n) is 4.58. The zero-order valence-electron chi connectivity index (χ0n) is 14.7. The number of aromatic nitrogens is 1. The van der Waals surface area contributed by atoms with Crippen molar-refractivity contribution < 1.29 is 0 Å². The Morgan fingerprint density at radius 2 is 1.79 bits per heavy atom. The molecule has 0 unspecified atom stereocenters. The van der Waals surface area contributed by atoms with Crippen molar-refractivity contribution >= 4 is 16.5 Å². The quantitative estimate of drug-likeness (QED) is 0.562. The highest BCUT2D eigenvalue weighted by atomic mass is 15.1. The lowest BCUT2D eigenvalue weighted by Gasteiger charge is -2.30. The van der Waals surface area contributed by atoms with Gasteiger partial charge in [-0.2, -0.15) is 0 Å². The Hall–Kier alpha value is -2.61. The van der Waals surface area contributed by atoms with Gasteiger partial charge >= 0.3 is 0 Å². The Morgan fingerprint density at radius 3 is 2.62 bits per heavy atom. The molecule has 2 heterocycles. The first-order valence-electron chi connectivity index (χ1n) is 8.61. The van der Waals surface area contributed by atoms with Gasteiger partial charge in [0.2, 0.25) is 0 Å². The molecule has 0 saturated carbocycles. The molecule has 0 spiro atoms. The SMILES string of the molecule is C=C1CCc2cc(-c3cncc4ccccc34)ccc2N1C.CC. The fourth-order valence-corrected chi connectivity index (χ4v) is 3.24. The van der Waals surface area contributed by atoms with Gasteiger partial charge in [0.05, 0.1) is 0 Å². The van der Waals surface area contributed by atoms with Crippen LogP contribution in [-0.4, -0.2) is 12.0 Å². The Bertz CT molecular complexity index is 875. The summed E-state index contributed by atoms with van der Waals surface area (Å²) in [6.45, 7) is 8.13. The van der Waals surface area contributed by atoms with Crippen LogP contribution in [0.25, 0.3) is 21.9 Å². The maximum absolute atomic E-state index is 4.40. The van der Waals surface area contributed by atoms with Gasteiger partial charge in [-0.3, -0.25) is 4.98 Å².